The lowest BCUT2D eigenvalue weighted by molar-refractivity contribution is -0.135. The van der Waals surface area contributed by atoms with Crippen molar-refractivity contribution in [3.05, 3.63) is 23.8 Å². The van der Waals surface area contributed by atoms with E-state index in [0.717, 1.165) is 0 Å². The Morgan fingerprint density at radius 2 is 2.11 bits per heavy atom. The zero-order valence-corrected chi connectivity index (χ0v) is 10.4. The summed E-state index contributed by atoms with van der Waals surface area (Å²) in [6, 6.07) is 4.80. The number of anilines is 2. The molecule has 0 spiro atoms. The zero-order chi connectivity index (χ0) is 13.7. The molecule has 4 N–H and O–H groups in total. The van der Waals surface area contributed by atoms with Crippen LogP contribution >= 0.6 is 0 Å². The van der Waals surface area contributed by atoms with Gasteiger partial charge < -0.3 is 21.1 Å². The first-order chi connectivity index (χ1) is 8.45. The van der Waals surface area contributed by atoms with Gasteiger partial charge in [0.2, 0.25) is 0 Å². The lowest BCUT2D eigenvalue weighted by Crippen LogP contribution is -2.26. The predicted octanol–water partition coefficient (Wildman–Crippen LogP) is 0.539. The average Bonchev–Trinajstić information content (AvgIpc) is 2.28. The summed E-state index contributed by atoms with van der Waals surface area (Å²) >= 11 is 0. The molecule has 1 amide bonds. The summed E-state index contributed by atoms with van der Waals surface area (Å²) < 4.78 is 0. The summed E-state index contributed by atoms with van der Waals surface area (Å²) in [5, 5.41) is 11.4. The maximum absolute atomic E-state index is 11.6. The first kappa shape index (κ1) is 13.8. The minimum atomic E-state index is -0.940. The van der Waals surface area contributed by atoms with Crippen LogP contribution in [0.15, 0.2) is 18.2 Å². The van der Waals surface area contributed by atoms with Gasteiger partial charge in [-0.25, -0.2) is 0 Å². The third kappa shape index (κ3) is 3.38. The molecule has 98 valence electrons. The van der Waals surface area contributed by atoms with Crippen LogP contribution in [0.5, 0.6) is 0 Å². The lowest BCUT2D eigenvalue weighted by Gasteiger charge is -2.19. The number of likely N-dealkylation sites (N-methyl/N-ethyl adjacent to an activating group) is 1. The first-order valence-corrected chi connectivity index (χ1v) is 5.56. The summed E-state index contributed by atoms with van der Waals surface area (Å²) in [4.78, 5) is 23.7. The Balaban J connectivity index is 2.92. The molecule has 0 atom stereocenters. The minimum absolute atomic E-state index is 0.148. The second kappa shape index (κ2) is 5.90. The Bertz CT molecular complexity index is 460. The molecule has 0 unspecified atom stereocenters. The van der Waals surface area contributed by atoms with Crippen LogP contribution in [0, 0.1) is 0 Å². The fraction of sp³-hybridized carbons (Fsp3) is 0.333. The number of nitrogens with one attached hydrogen (secondary N) is 1. The molecule has 0 radical (unpaired) electrons. The van der Waals surface area contributed by atoms with Crippen molar-refractivity contribution < 1.29 is 14.7 Å². The SMILES string of the molecule is CCNC(=O)c1ccc(N(C)CC(=O)O)c(N)c1. The van der Waals surface area contributed by atoms with Crippen LogP contribution < -0.4 is 16.0 Å². The summed E-state index contributed by atoms with van der Waals surface area (Å²) in [5.74, 6) is -1.14. The van der Waals surface area contributed by atoms with E-state index in [1.54, 1.807) is 25.2 Å². The summed E-state index contributed by atoms with van der Waals surface area (Å²) in [7, 11) is 1.63. The van der Waals surface area contributed by atoms with Gasteiger partial charge in [-0.1, -0.05) is 0 Å². The number of aliphatic carboxylic acids is 1. The molecule has 0 aliphatic rings. The van der Waals surface area contributed by atoms with Crippen molar-refractivity contribution in [2.75, 3.05) is 30.8 Å². The predicted molar refractivity (Wildman–Crippen MR) is 69.8 cm³/mol. The molecule has 0 saturated carbocycles. The highest BCUT2D eigenvalue weighted by molar-refractivity contribution is 5.96. The van der Waals surface area contributed by atoms with Crippen molar-refractivity contribution in [3.8, 4) is 0 Å². The Hall–Kier alpha value is -2.24. The van der Waals surface area contributed by atoms with Gasteiger partial charge >= 0.3 is 5.97 Å². The number of carboxylic acids is 1. The number of nitrogen functional groups attached to an aromatic ring is 1. The van der Waals surface area contributed by atoms with Crippen molar-refractivity contribution in [1.82, 2.24) is 5.32 Å². The molecule has 0 aliphatic heterocycles. The highest BCUT2D eigenvalue weighted by Gasteiger charge is 2.11. The van der Waals surface area contributed by atoms with E-state index < -0.39 is 5.97 Å². The molecule has 0 bridgehead atoms. The monoisotopic (exact) mass is 251 g/mol. The van der Waals surface area contributed by atoms with Crippen LogP contribution in [-0.2, 0) is 4.79 Å². The average molecular weight is 251 g/mol. The number of nitrogens with zero attached hydrogens (tertiary/aromatic N) is 1. The number of amides is 1. The van der Waals surface area contributed by atoms with Crippen LogP contribution in [0.25, 0.3) is 0 Å². The Kier molecular flexibility index (Phi) is 4.53. The van der Waals surface area contributed by atoms with Crippen LogP contribution in [0.4, 0.5) is 11.4 Å². The normalized spacial score (nSPS) is 9.89. The number of rotatable bonds is 5. The second-order valence-electron chi connectivity index (χ2n) is 3.88. The smallest absolute Gasteiger partial charge is 0.323 e. The van der Waals surface area contributed by atoms with Crippen molar-refractivity contribution in [2.24, 2.45) is 0 Å². The fourth-order valence-corrected chi connectivity index (χ4v) is 1.59. The van der Waals surface area contributed by atoms with Crippen molar-refractivity contribution in [2.45, 2.75) is 6.92 Å². The molecular formula is C12H17N3O3. The largest absolute Gasteiger partial charge is 0.480 e. The zero-order valence-electron chi connectivity index (χ0n) is 10.4. The summed E-state index contributed by atoms with van der Waals surface area (Å²) in [6.45, 7) is 2.22. The van der Waals surface area contributed by atoms with E-state index in [2.05, 4.69) is 5.32 Å². The number of carbonyl (C=O) groups excluding carboxylic acids is 1. The van der Waals surface area contributed by atoms with Gasteiger partial charge in [0.15, 0.2) is 0 Å². The van der Waals surface area contributed by atoms with Gasteiger partial charge in [0.05, 0.1) is 11.4 Å². The summed E-state index contributed by atoms with van der Waals surface area (Å²) in [6.07, 6.45) is 0. The molecule has 0 aromatic heterocycles. The highest BCUT2D eigenvalue weighted by atomic mass is 16.4. The lowest BCUT2D eigenvalue weighted by atomic mass is 10.1. The van der Waals surface area contributed by atoms with Gasteiger partial charge in [0.25, 0.3) is 5.91 Å². The standard InChI is InChI=1S/C12H17N3O3/c1-3-14-12(18)8-4-5-10(9(13)6-8)15(2)7-11(16)17/h4-6H,3,7,13H2,1-2H3,(H,14,18)(H,16,17). The number of hydrogen-bond donors (Lipinski definition) is 3. The number of hydrogen-bond acceptors (Lipinski definition) is 4. The van der Waals surface area contributed by atoms with E-state index in [9.17, 15) is 9.59 Å². The quantitative estimate of drug-likeness (QED) is 0.664. The molecular weight excluding hydrogens is 234 g/mol. The van der Waals surface area contributed by atoms with E-state index in [1.807, 2.05) is 6.92 Å². The van der Waals surface area contributed by atoms with E-state index >= 15 is 0 Å². The van der Waals surface area contributed by atoms with E-state index in [-0.39, 0.29) is 12.5 Å². The number of carboxylic acid groups (broad SMARTS) is 1. The van der Waals surface area contributed by atoms with Crippen LogP contribution in [-0.4, -0.2) is 37.1 Å². The van der Waals surface area contributed by atoms with Gasteiger partial charge in [0, 0.05) is 19.2 Å². The van der Waals surface area contributed by atoms with Crippen LogP contribution in [0.3, 0.4) is 0 Å². The van der Waals surface area contributed by atoms with Crippen LogP contribution in [0.1, 0.15) is 17.3 Å². The maximum atomic E-state index is 11.6. The third-order valence-corrected chi connectivity index (χ3v) is 2.41. The van der Waals surface area contributed by atoms with E-state index in [4.69, 9.17) is 10.8 Å². The van der Waals surface area contributed by atoms with Crippen molar-refractivity contribution in [3.63, 3.8) is 0 Å². The van der Waals surface area contributed by atoms with Gasteiger partial charge in [-0.3, -0.25) is 9.59 Å². The third-order valence-electron chi connectivity index (χ3n) is 2.41. The second-order valence-corrected chi connectivity index (χ2v) is 3.88. The Morgan fingerprint density at radius 1 is 1.44 bits per heavy atom. The maximum Gasteiger partial charge on any atom is 0.323 e. The first-order valence-electron chi connectivity index (χ1n) is 5.56. The number of nitrogens with two attached hydrogens (primary N) is 1. The molecule has 6 heteroatoms. The van der Waals surface area contributed by atoms with Gasteiger partial charge in [0.1, 0.15) is 6.54 Å². The van der Waals surface area contributed by atoms with E-state index in [1.165, 1.54) is 4.90 Å². The van der Waals surface area contributed by atoms with Gasteiger partial charge in [-0.2, -0.15) is 0 Å². The topological polar surface area (TPSA) is 95.7 Å². The Labute approximate surface area is 105 Å². The molecule has 1 aromatic rings. The van der Waals surface area contributed by atoms with Crippen LogP contribution in [0.2, 0.25) is 0 Å². The fourth-order valence-electron chi connectivity index (χ4n) is 1.59. The molecule has 1 aromatic carbocycles. The van der Waals surface area contributed by atoms with Crippen molar-refractivity contribution >= 4 is 23.3 Å². The molecule has 0 heterocycles. The molecule has 1 rings (SSSR count). The number of benzene rings is 1. The van der Waals surface area contributed by atoms with Crippen molar-refractivity contribution in [1.29, 1.82) is 0 Å². The number of carbonyl (C=O) groups is 2. The molecule has 6 nitrogen and oxygen atoms in total. The molecule has 18 heavy (non-hydrogen) atoms. The molecule has 0 aliphatic carbocycles. The Morgan fingerprint density at radius 3 is 2.61 bits per heavy atom. The molecule has 0 saturated heterocycles. The van der Waals surface area contributed by atoms with Gasteiger partial charge in [-0.05, 0) is 25.1 Å². The highest BCUT2D eigenvalue weighted by Crippen LogP contribution is 2.23. The molecule has 0 fully saturated rings. The van der Waals surface area contributed by atoms with E-state index in [0.29, 0.717) is 23.5 Å². The summed E-state index contributed by atoms with van der Waals surface area (Å²) in [5.41, 5.74) is 7.24. The van der Waals surface area contributed by atoms with Gasteiger partial charge in [-0.15, -0.1) is 0 Å². The minimum Gasteiger partial charge on any atom is -0.480 e.